The van der Waals surface area contributed by atoms with Crippen LogP contribution in [-0.4, -0.2) is 30.9 Å². The number of H-pyrrole nitrogens is 1. The van der Waals surface area contributed by atoms with Crippen LogP contribution in [0, 0.1) is 0 Å². The lowest BCUT2D eigenvalue weighted by molar-refractivity contribution is 0.102. The van der Waals surface area contributed by atoms with Gasteiger partial charge in [0.25, 0.3) is 5.91 Å². The lowest BCUT2D eigenvalue weighted by atomic mass is 10.3. The van der Waals surface area contributed by atoms with Crippen molar-refractivity contribution in [2.75, 3.05) is 5.32 Å². The molecule has 0 atom stereocenters. The van der Waals surface area contributed by atoms with E-state index in [0.717, 1.165) is 16.3 Å². The molecule has 0 spiro atoms. The first-order chi connectivity index (χ1) is 10.7. The molecule has 1 fully saturated rings. The van der Waals surface area contributed by atoms with Crippen molar-refractivity contribution in [2.24, 2.45) is 7.05 Å². The molecule has 0 aromatic carbocycles. The summed E-state index contributed by atoms with van der Waals surface area (Å²) in [6.07, 6.45) is 5.98. The van der Waals surface area contributed by atoms with Crippen LogP contribution in [0.25, 0.3) is 10.6 Å². The van der Waals surface area contributed by atoms with Crippen molar-refractivity contribution in [3.63, 3.8) is 0 Å². The molecule has 0 saturated heterocycles. The van der Waals surface area contributed by atoms with Gasteiger partial charge in [0.05, 0.1) is 6.20 Å². The monoisotopic (exact) mass is 314 g/mol. The highest BCUT2D eigenvalue weighted by atomic mass is 32.1. The van der Waals surface area contributed by atoms with Gasteiger partial charge in [-0.3, -0.25) is 14.6 Å². The Balaban J connectivity index is 1.49. The fraction of sp³-hybridized carbons (Fsp3) is 0.286. The van der Waals surface area contributed by atoms with E-state index in [9.17, 15) is 4.79 Å². The Morgan fingerprint density at radius 2 is 2.36 bits per heavy atom. The average molecular weight is 314 g/mol. The van der Waals surface area contributed by atoms with E-state index in [2.05, 4.69) is 25.6 Å². The van der Waals surface area contributed by atoms with Crippen LogP contribution in [0.15, 0.2) is 23.8 Å². The summed E-state index contributed by atoms with van der Waals surface area (Å²) in [4.78, 5) is 16.6. The minimum absolute atomic E-state index is 0.250. The predicted molar refractivity (Wildman–Crippen MR) is 82.8 cm³/mol. The van der Waals surface area contributed by atoms with E-state index in [1.54, 1.807) is 16.3 Å². The number of hydrogen-bond acceptors (Lipinski definition) is 5. The molecule has 1 amide bonds. The Kier molecular flexibility index (Phi) is 3.04. The number of hydrogen-bond donors (Lipinski definition) is 2. The quantitative estimate of drug-likeness (QED) is 0.774. The molecule has 8 heteroatoms. The summed E-state index contributed by atoms with van der Waals surface area (Å²) < 4.78 is 1.71. The highest BCUT2D eigenvalue weighted by Gasteiger charge is 2.26. The van der Waals surface area contributed by atoms with Gasteiger partial charge in [-0.05, 0) is 12.8 Å². The zero-order valence-corrected chi connectivity index (χ0v) is 12.7. The van der Waals surface area contributed by atoms with Crippen LogP contribution in [0.1, 0.15) is 34.9 Å². The molecule has 7 nitrogen and oxygen atoms in total. The molecule has 3 aromatic heterocycles. The first-order valence-electron chi connectivity index (χ1n) is 7.00. The first kappa shape index (κ1) is 13.2. The van der Waals surface area contributed by atoms with E-state index in [-0.39, 0.29) is 5.91 Å². The van der Waals surface area contributed by atoms with Crippen molar-refractivity contribution in [3.05, 3.63) is 35.2 Å². The van der Waals surface area contributed by atoms with Gasteiger partial charge in [-0.15, -0.1) is 11.3 Å². The second kappa shape index (κ2) is 5.06. The van der Waals surface area contributed by atoms with E-state index < -0.39 is 0 Å². The molecule has 3 aromatic rings. The number of thiazole rings is 1. The molecule has 0 radical (unpaired) electrons. The molecule has 1 saturated carbocycles. The maximum absolute atomic E-state index is 12.2. The zero-order chi connectivity index (χ0) is 15.1. The van der Waals surface area contributed by atoms with Gasteiger partial charge in [-0.1, -0.05) is 0 Å². The molecular weight excluding hydrogens is 300 g/mol. The van der Waals surface area contributed by atoms with E-state index in [1.165, 1.54) is 24.2 Å². The predicted octanol–water partition coefficient (Wildman–Crippen LogP) is 2.40. The molecule has 1 aliphatic carbocycles. The lowest BCUT2D eigenvalue weighted by Gasteiger charge is -1.97. The Morgan fingerprint density at radius 1 is 1.50 bits per heavy atom. The van der Waals surface area contributed by atoms with Gasteiger partial charge >= 0.3 is 0 Å². The highest BCUT2D eigenvalue weighted by molar-refractivity contribution is 7.13. The number of rotatable bonds is 4. The van der Waals surface area contributed by atoms with Crippen molar-refractivity contribution >= 4 is 23.1 Å². The van der Waals surface area contributed by atoms with Crippen LogP contribution in [0.4, 0.5) is 5.82 Å². The van der Waals surface area contributed by atoms with Gasteiger partial charge in [0, 0.05) is 41.9 Å². The van der Waals surface area contributed by atoms with Crippen LogP contribution in [0.5, 0.6) is 0 Å². The molecule has 4 rings (SSSR count). The van der Waals surface area contributed by atoms with Crippen molar-refractivity contribution in [1.82, 2.24) is 25.0 Å². The standard InChI is InChI=1S/C14H14N6OS/c1-20-6-9(5-15-20)14-16-11(7-22-14)13(21)17-12-4-10(18-19-12)8-2-3-8/h4-8H,2-3H2,1H3,(H2,17,18,19,21). The van der Waals surface area contributed by atoms with E-state index in [0.29, 0.717) is 17.4 Å². The van der Waals surface area contributed by atoms with Crippen molar-refractivity contribution in [3.8, 4) is 10.6 Å². The average Bonchev–Trinajstić information content (AvgIpc) is 2.93. The van der Waals surface area contributed by atoms with E-state index in [1.807, 2.05) is 19.3 Å². The van der Waals surface area contributed by atoms with Crippen LogP contribution in [0.2, 0.25) is 0 Å². The molecular formula is C14H14N6OS. The van der Waals surface area contributed by atoms with Gasteiger partial charge in [-0.2, -0.15) is 10.2 Å². The summed E-state index contributed by atoms with van der Waals surface area (Å²) in [5.41, 5.74) is 2.38. The van der Waals surface area contributed by atoms with Gasteiger partial charge in [0.15, 0.2) is 5.82 Å². The smallest absolute Gasteiger partial charge is 0.276 e. The van der Waals surface area contributed by atoms with E-state index >= 15 is 0 Å². The van der Waals surface area contributed by atoms with Crippen molar-refractivity contribution in [1.29, 1.82) is 0 Å². The van der Waals surface area contributed by atoms with Crippen LogP contribution < -0.4 is 5.32 Å². The molecule has 0 aliphatic heterocycles. The summed E-state index contributed by atoms with van der Waals surface area (Å²) >= 11 is 1.42. The second-order valence-corrected chi connectivity index (χ2v) is 6.24. The van der Waals surface area contributed by atoms with E-state index in [4.69, 9.17) is 0 Å². The van der Waals surface area contributed by atoms with Crippen LogP contribution >= 0.6 is 11.3 Å². The Hall–Kier alpha value is -2.48. The topological polar surface area (TPSA) is 88.5 Å². The summed E-state index contributed by atoms with van der Waals surface area (Å²) in [6, 6.07) is 1.89. The third-order valence-corrected chi connectivity index (χ3v) is 4.44. The van der Waals surface area contributed by atoms with Gasteiger partial charge in [-0.25, -0.2) is 4.98 Å². The Bertz CT molecular complexity index is 828. The minimum atomic E-state index is -0.250. The largest absolute Gasteiger partial charge is 0.304 e. The Morgan fingerprint density at radius 3 is 3.09 bits per heavy atom. The van der Waals surface area contributed by atoms with Gasteiger partial charge < -0.3 is 5.32 Å². The number of amides is 1. The van der Waals surface area contributed by atoms with Crippen molar-refractivity contribution in [2.45, 2.75) is 18.8 Å². The fourth-order valence-corrected chi connectivity index (χ4v) is 3.00. The van der Waals surface area contributed by atoms with Gasteiger partial charge in [0.1, 0.15) is 10.7 Å². The maximum atomic E-state index is 12.2. The number of carbonyl (C=O) groups is 1. The number of carbonyl (C=O) groups excluding carboxylic acids is 1. The second-order valence-electron chi connectivity index (χ2n) is 5.38. The first-order valence-corrected chi connectivity index (χ1v) is 7.88. The SMILES string of the molecule is Cn1cc(-c2nc(C(=O)Nc3cc(C4CC4)[nH]n3)cs2)cn1. The summed E-state index contributed by atoms with van der Waals surface area (Å²) in [6.45, 7) is 0. The van der Waals surface area contributed by atoms with Gasteiger partial charge in [0.2, 0.25) is 0 Å². The zero-order valence-electron chi connectivity index (χ0n) is 11.9. The summed E-state index contributed by atoms with van der Waals surface area (Å²) in [7, 11) is 1.85. The van der Waals surface area contributed by atoms with Crippen LogP contribution in [0.3, 0.4) is 0 Å². The molecule has 0 bridgehead atoms. The molecule has 3 heterocycles. The molecule has 2 N–H and O–H groups in total. The number of aryl methyl sites for hydroxylation is 1. The summed E-state index contributed by atoms with van der Waals surface area (Å²) in [5.74, 6) is 0.873. The Labute approximate surface area is 130 Å². The fourth-order valence-electron chi connectivity index (χ4n) is 2.23. The number of nitrogens with one attached hydrogen (secondary N) is 2. The highest BCUT2D eigenvalue weighted by Crippen LogP contribution is 2.39. The maximum Gasteiger partial charge on any atom is 0.276 e. The number of anilines is 1. The normalized spacial score (nSPS) is 14.2. The third-order valence-electron chi connectivity index (χ3n) is 3.55. The number of nitrogens with zero attached hydrogens (tertiary/aromatic N) is 4. The molecule has 22 heavy (non-hydrogen) atoms. The lowest BCUT2D eigenvalue weighted by Crippen LogP contribution is -2.12. The number of aromatic nitrogens is 5. The minimum Gasteiger partial charge on any atom is -0.304 e. The molecule has 1 aliphatic rings. The summed E-state index contributed by atoms with van der Waals surface area (Å²) in [5, 5.41) is 16.5. The third kappa shape index (κ3) is 2.52. The molecule has 0 unspecified atom stereocenters. The van der Waals surface area contributed by atoms with Crippen LogP contribution in [-0.2, 0) is 7.05 Å². The number of aromatic amines is 1. The van der Waals surface area contributed by atoms with Crippen molar-refractivity contribution < 1.29 is 4.79 Å². The molecule has 112 valence electrons.